The number of benzene rings is 4. The molecule has 0 radical (unpaired) electrons. The van der Waals surface area contributed by atoms with Crippen LogP contribution >= 0.6 is 7.92 Å². The summed E-state index contributed by atoms with van der Waals surface area (Å²) in [6, 6.07) is 6.88. The fraction of sp³-hybridized carbons (Fsp3) is 0.314. The first-order valence-corrected chi connectivity index (χ1v) is 16.3. The molecule has 1 heterocycles. The van der Waals surface area contributed by atoms with Crippen LogP contribution in [0.1, 0.15) is 43.0 Å². The number of alkyl halides is 12. The molecular weight excluding hydrogens is 727 g/mol. The van der Waals surface area contributed by atoms with Gasteiger partial charge in [-0.1, -0.05) is 32.9 Å². The maximum absolute atomic E-state index is 14.0. The van der Waals surface area contributed by atoms with Crippen molar-refractivity contribution in [3.05, 3.63) is 82.9 Å². The molecule has 0 aliphatic carbocycles. The normalized spacial score (nSPS) is 15.4. The van der Waals surface area contributed by atoms with E-state index in [0.717, 1.165) is 20.3 Å². The Balaban J connectivity index is 2.02. The van der Waals surface area contributed by atoms with Crippen LogP contribution in [0.25, 0.3) is 33.4 Å². The summed E-state index contributed by atoms with van der Waals surface area (Å²) >= 11 is 0. The van der Waals surface area contributed by atoms with Gasteiger partial charge in [-0.05, 0) is 72.7 Å². The van der Waals surface area contributed by atoms with Crippen LogP contribution in [0, 0.1) is 0 Å². The number of hydrogen-bond acceptors (Lipinski definition) is 3. The molecule has 5 rings (SSSR count). The van der Waals surface area contributed by atoms with Crippen LogP contribution in [0.4, 0.5) is 52.7 Å². The van der Waals surface area contributed by atoms with Crippen molar-refractivity contribution in [2.24, 2.45) is 0 Å². The Morgan fingerprint density at radius 3 is 1.27 bits per heavy atom. The summed E-state index contributed by atoms with van der Waals surface area (Å²) < 4.78 is 185. The van der Waals surface area contributed by atoms with Gasteiger partial charge in [-0.25, -0.2) is 0 Å². The average Bonchev–Trinajstić information content (AvgIpc) is 3.47. The highest BCUT2D eigenvalue weighted by molar-refractivity contribution is 7.67. The highest BCUT2D eigenvalue weighted by Crippen LogP contribution is 2.59. The molecule has 1 aliphatic heterocycles. The predicted octanol–water partition coefficient (Wildman–Crippen LogP) is 12.0. The third kappa shape index (κ3) is 7.45. The Labute approximate surface area is 284 Å². The Morgan fingerprint density at radius 2 is 0.941 bits per heavy atom. The minimum Gasteiger partial charge on any atom is -0.495 e. The molecule has 0 spiro atoms. The molecule has 274 valence electrons. The monoisotopic (exact) mass is 754 g/mol. The summed E-state index contributed by atoms with van der Waals surface area (Å²) in [5.74, 6) is -0.327. The molecule has 1 unspecified atom stereocenters. The Kier molecular flexibility index (Phi) is 9.58. The molecule has 0 fully saturated rings. The van der Waals surface area contributed by atoms with Gasteiger partial charge in [-0.2, -0.15) is 52.7 Å². The van der Waals surface area contributed by atoms with Crippen molar-refractivity contribution in [3.8, 4) is 50.6 Å². The average molecular weight is 755 g/mol. The quantitative estimate of drug-likeness (QED) is 0.150. The van der Waals surface area contributed by atoms with E-state index in [9.17, 15) is 52.7 Å². The second-order valence-corrected chi connectivity index (χ2v) is 15.4. The molecule has 0 aromatic heterocycles. The summed E-state index contributed by atoms with van der Waals surface area (Å²) in [6.45, 7) is 5.73. The third-order valence-electron chi connectivity index (χ3n) is 8.13. The molecule has 0 bridgehead atoms. The van der Waals surface area contributed by atoms with E-state index in [-0.39, 0.29) is 41.1 Å². The topological polar surface area (TPSA) is 27.7 Å². The van der Waals surface area contributed by atoms with Crippen LogP contribution in [0.3, 0.4) is 0 Å². The van der Waals surface area contributed by atoms with Gasteiger partial charge in [-0.3, -0.25) is 0 Å². The summed E-state index contributed by atoms with van der Waals surface area (Å²) in [6.07, 6.45) is -20.9. The Hall–Kier alpha value is -4.13. The van der Waals surface area contributed by atoms with E-state index in [1.807, 2.05) is 20.8 Å². The van der Waals surface area contributed by atoms with E-state index in [0.29, 0.717) is 35.3 Å². The predicted molar refractivity (Wildman–Crippen MR) is 168 cm³/mol. The van der Waals surface area contributed by atoms with Crippen LogP contribution in [0.5, 0.6) is 17.2 Å². The van der Waals surface area contributed by atoms with E-state index in [2.05, 4.69) is 0 Å². The van der Waals surface area contributed by atoms with Gasteiger partial charge in [0.15, 0.2) is 0 Å². The lowest BCUT2D eigenvalue weighted by Crippen LogP contribution is -2.19. The number of rotatable bonds is 5. The second kappa shape index (κ2) is 12.8. The summed E-state index contributed by atoms with van der Waals surface area (Å²) in [5.41, 5.74) is -9.20. The zero-order chi connectivity index (χ0) is 38.1. The number of fused-ring (bicyclic) bond motifs is 1. The lowest BCUT2D eigenvalue weighted by molar-refractivity contribution is -0.144. The third-order valence-corrected chi connectivity index (χ3v) is 11.1. The Morgan fingerprint density at radius 1 is 0.549 bits per heavy atom. The highest BCUT2D eigenvalue weighted by atomic mass is 31.1. The van der Waals surface area contributed by atoms with Gasteiger partial charge >= 0.3 is 24.7 Å². The molecule has 51 heavy (non-hydrogen) atoms. The van der Waals surface area contributed by atoms with Crippen LogP contribution in [0.2, 0.25) is 0 Å². The van der Waals surface area contributed by atoms with Crippen LogP contribution in [-0.4, -0.2) is 25.7 Å². The molecule has 0 saturated carbocycles. The fourth-order valence-corrected chi connectivity index (χ4v) is 8.15. The minimum absolute atomic E-state index is 0.109. The highest BCUT2D eigenvalue weighted by Gasteiger charge is 2.41. The minimum atomic E-state index is -5.29. The van der Waals surface area contributed by atoms with Crippen molar-refractivity contribution in [2.45, 2.75) is 50.6 Å². The van der Waals surface area contributed by atoms with Gasteiger partial charge in [0.05, 0.1) is 42.0 Å². The lowest BCUT2D eigenvalue weighted by atomic mass is 9.88. The Bertz CT molecular complexity index is 1800. The van der Waals surface area contributed by atoms with Gasteiger partial charge < -0.3 is 14.2 Å². The molecule has 4 aromatic carbocycles. The number of ether oxygens (including phenoxy) is 3. The first kappa shape index (κ1) is 38.1. The maximum atomic E-state index is 14.0. The molecule has 4 aromatic rings. The van der Waals surface area contributed by atoms with E-state index >= 15 is 0 Å². The van der Waals surface area contributed by atoms with E-state index < -0.39 is 82.3 Å². The first-order chi connectivity index (χ1) is 23.4. The first-order valence-electron chi connectivity index (χ1n) is 14.8. The standard InChI is InChI=1S/C35H27F12O3P/c1-31(2,3)51-16-50-26-8-6-7-23(30(26)51)27-28(48-4)24(17-9-19(32(36,37)38)13-20(10-17)33(39,40)41)15-25(29(27)49-5)18-11-21(34(42,43)44)14-22(12-18)35(45,46)47/h6-15H,16H2,1-5H3. The maximum Gasteiger partial charge on any atom is 0.416 e. The largest absolute Gasteiger partial charge is 0.495 e. The van der Waals surface area contributed by atoms with Gasteiger partial charge in [0.25, 0.3) is 0 Å². The zero-order valence-corrected chi connectivity index (χ0v) is 28.1. The van der Waals surface area contributed by atoms with Crippen molar-refractivity contribution in [1.82, 2.24) is 0 Å². The SMILES string of the molecule is COc1c(-c2cc(C(F)(F)F)cc(C(F)(F)F)c2)cc(-c2cc(C(F)(F)F)cc(C(F)(F)F)c2)c(OC)c1-c1cccc2c1P(C(C)(C)C)CO2. The van der Waals surface area contributed by atoms with Crippen molar-refractivity contribution < 1.29 is 66.9 Å². The van der Waals surface area contributed by atoms with Crippen LogP contribution < -0.4 is 19.5 Å². The molecule has 1 aliphatic rings. The summed E-state index contributed by atoms with van der Waals surface area (Å²) in [7, 11) is 0.915. The van der Waals surface area contributed by atoms with E-state index in [4.69, 9.17) is 14.2 Å². The molecule has 16 heteroatoms. The van der Waals surface area contributed by atoms with Crippen molar-refractivity contribution in [1.29, 1.82) is 0 Å². The number of methoxy groups -OCH3 is 2. The molecule has 0 amide bonds. The van der Waals surface area contributed by atoms with Gasteiger partial charge in [0.1, 0.15) is 23.6 Å². The van der Waals surface area contributed by atoms with Gasteiger partial charge in [-0.15, -0.1) is 0 Å². The summed E-state index contributed by atoms with van der Waals surface area (Å²) in [5, 5.41) is 0.128. The fourth-order valence-electron chi connectivity index (χ4n) is 5.81. The van der Waals surface area contributed by atoms with Crippen LogP contribution in [-0.2, 0) is 24.7 Å². The van der Waals surface area contributed by atoms with Crippen molar-refractivity contribution >= 4 is 13.2 Å². The number of halogens is 12. The molecule has 1 atom stereocenters. The summed E-state index contributed by atoms with van der Waals surface area (Å²) in [4.78, 5) is 0. The van der Waals surface area contributed by atoms with Crippen LogP contribution in [0.15, 0.2) is 60.7 Å². The number of hydrogen-bond donors (Lipinski definition) is 0. The van der Waals surface area contributed by atoms with Crippen molar-refractivity contribution in [3.63, 3.8) is 0 Å². The molecule has 0 N–H and O–H groups in total. The van der Waals surface area contributed by atoms with Gasteiger partial charge in [0.2, 0.25) is 0 Å². The molecule has 3 nitrogen and oxygen atoms in total. The smallest absolute Gasteiger partial charge is 0.416 e. The van der Waals surface area contributed by atoms with Crippen molar-refractivity contribution in [2.75, 3.05) is 20.6 Å². The van der Waals surface area contributed by atoms with E-state index in [1.165, 1.54) is 12.1 Å². The molecular formula is C35H27F12O3P. The van der Waals surface area contributed by atoms with Gasteiger partial charge in [0, 0.05) is 22.0 Å². The second-order valence-electron chi connectivity index (χ2n) is 12.5. The lowest BCUT2D eigenvalue weighted by Gasteiger charge is -2.29. The zero-order valence-electron chi connectivity index (χ0n) is 27.2. The molecule has 0 saturated heterocycles. The van der Waals surface area contributed by atoms with E-state index in [1.54, 1.807) is 6.07 Å².